The molecule has 0 aliphatic rings. The summed E-state index contributed by atoms with van der Waals surface area (Å²) in [5.74, 6) is -0.653. The van der Waals surface area contributed by atoms with Crippen LogP contribution in [0.25, 0.3) is 11.0 Å². The molecule has 0 radical (unpaired) electrons. The van der Waals surface area contributed by atoms with Crippen molar-refractivity contribution in [1.82, 2.24) is 15.3 Å². The Bertz CT molecular complexity index is 830. The van der Waals surface area contributed by atoms with E-state index < -0.39 is 17.7 Å². The van der Waals surface area contributed by atoms with E-state index in [1.54, 1.807) is 0 Å². The van der Waals surface area contributed by atoms with E-state index in [0.29, 0.717) is 19.4 Å². The Labute approximate surface area is 137 Å². The fraction of sp³-hybridized carbons (Fsp3) is 0.176. The number of hydrogen-bond acceptors (Lipinski definition) is 2. The molecule has 1 aromatic heterocycles. The van der Waals surface area contributed by atoms with E-state index in [9.17, 15) is 13.6 Å². The molecule has 3 N–H and O–H groups in total. The number of anilines is 1. The van der Waals surface area contributed by atoms with E-state index in [-0.39, 0.29) is 5.69 Å². The molecule has 7 heteroatoms. The number of para-hydroxylation sites is 2. The number of amides is 2. The minimum Gasteiger partial charge on any atom is -0.342 e. The fourth-order valence-corrected chi connectivity index (χ4v) is 2.34. The predicted octanol–water partition coefficient (Wildman–Crippen LogP) is 3.60. The van der Waals surface area contributed by atoms with Gasteiger partial charge in [0.05, 0.1) is 16.7 Å². The molecule has 0 bridgehead atoms. The summed E-state index contributed by atoms with van der Waals surface area (Å²) in [7, 11) is 0. The zero-order valence-electron chi connectivity index (χ0n) is 12.8. The van der Waals surface area contributed by atoms with Gasteiger partial charge in [-0.15, -0.1) is 0 Å². The van der Waals surface area contributed by atoms with Crippen LogP contribution >= 0.6 is 0 Å². The number of fused-ring (bicyclic) bond motifs is 1. The minimum absolute atomic E-state index is 0.0637. The molecule has 0 aliphatic carbocycles. The van der Waals surface area contributed by atoms with Crippen molar-refractivity contribution in [2.45, 2.75) is 12.8 Å². The molecule has 0 atom stereocenters. The highest BCUT2D eigenvalue weighted by Crippen LogP contribution is 2.14. The third-order valence-electron chi connectivity index (χ3n) is 3.49. The second-order valence-corrected chi connectivity index (χ2v) is 5.31. The van der Waals surface area contributed by atoms with E-state index in [4.69, 9.17) is 0 Å². The van der Waals surface area contributed by atoms with Crippen molar-refractivity contribution in [3.8, 4) is 0 Å². The number of aromatic amines is 1. The number of nitrogens with zero attached hydrogens (tertiary/aromatic N) is 1. The lowest BCUT2D eigenvalue weighted by molar-refractivity contribution is 0.252. The molecule has 3 aromatic rings. The summed E-state index contributed by atoms with van der Waals surface area (Å²) in [4.78, 5) is 19.4. The number of imidazole rings is 1. The van der Waals surface area contributed by atoms with E-state index in [1.165, 1.54) is 6.07 Å². The first kappa shape index (κ1) is 15.9. The lowest BCUT2D eigenvalue weighted by Gasteiger charge is -2.08. The van der Waals surface area contributed by atoms with Gasteiger partial charge in [-0.2, -0.15) is 0 Å². The van der Waals surface area contributed by atoms with Crippen LogP contribution in [-0.4, -0.2) is 22.5 Å². The lowest BCUT2D eigenvalue weighted by atomic mass is 10.3. The van der Waals surface area contributed by atoms with Gasteiger partial charge in [0, 0.05) is 19.0 Å². The predicted molar refractivity (Wildman–Crippen MR) is 87.8 cm³/mol. The third-order valence-corrected chi connectivity index (χ3v) is 3.49. The molecule has 0 aliphatic heterocycles. The Morgan fingerprint density at radius 2 is 2.00 bits per heavy atom. The number of carbonyl (C=O) groups excluding carboxylic acids is 1. The summed E-state index contributed by atoms with van der Waals surface area (Å²) < 4.78 is 26.2. The zero-order valence-corrected chi connectivity index (χ0v) is 12.8. The summed E-state index contributed by atoms with van der Waals surface area (Å²) >= 11 is 0. The first-order valence-electron chi connectivity index (χ1n) is 7.55. The molecule has 2 amide bonds. The quantitative estimate of drug-likeness (QED) is 0.626. The topological polar surface area (TPSA) is 69.8 Å². The van der Waals surface area contributed by atoms with E-state index in [1.807, 2.05) is 24.3 Å². The van der Waals surface area contributed by atoms with Crippen molar-refractivity contribution in [3.05, 3.63) is 59.9 Å². The van der Waals surface area contributed by atoms with E-state index in [0.717, 1.165) is 29.0 Å². The number of benzene rings is 2. The highest BCUT2D eigenvalue weighted by molar-refractivity contribution is 5.89. The number of aromatic nitrogens is 2. The highest BCUT2D eigenvalue weighted by atomic mass is 19.1. The van der Waals surface area contributed by atoms with Crippen molar-refractivity contribution in [2.75, 3.05) is 11.9 Å². The summed E-state index contributed by atoms with van der Waals surface area (Å²) in [5, 5.41) is 4.97. The molecule has 5 nitrogen and oxygen atoms in total. The van der Waals surface area contributed by atoms with Crippen LogP contribution in [0.3, 0.4) is 0 Å². The number of urea groups is 1. The van der Waals surface area contributed by atoms with Crippen LogP contribution in [-0.2, 0) is 6.42 Å². The second kappa shape index (κ2) is 7.08. The molecule has 0 unspecified atom stereocenters. The lowest BCUT2D eigenvalue weighted by Crippen LogP contribution is -2.30. The van der Waals surface area contributed by atoms with Crippen molar-refractivity contribution in [2.24, 2.45) is 0 Å². The van der Waals surface area contributed by atoms with Gasteiger partial charge < -0.3 is 15.6 Å². The van der Waals surface area contributed by atoms with Crippen LogP contribution < -0.4 is 10.6 Å². The number of rotatable bonds is 5. The maximum atomic E-state index is 13.4. The van der Waals surface area contributed by atoms with Gasteiger partial charge >= 0.3 is 6.03 Å². The van der Waals surface area contributed by atoms with Gasteiger partial charge in [-0.1, -0.05) is 12.1 Å². The van der Waals surface area contributed by atoms with Crippen LogP contribution in [0.5, 0.6) is 0 Å². The Hall–Kier alpha value is -2.96. The SMILES string of the molecule is O=C(NCCCc1nc2ccccc2[nH]1)Nc1ccc(F)cc1F. The number of carbonyl (C=O) groups is 1. The zero-order chi connectivity index (χ0) is 16.9. The van der Waals surface area contributed by atoms with Gasteiger partial charge in [0.25, 0.3) is 0 Å². The van der Waals surface area contributed by atoms with Crippen molar-refractivity contribution < 1.29 is 13.6 Å². The maximum absolute atomic E-state index is 13.4. The van der Waals surface area contributed by atoms with Crippen molar-refractivity contribution in [3.63, 3.8) is 0 Å². The smallest absolute Gasteiger partial charge is 0.319 e. The standard InChI is InChI=1S/C17H16F2N4O/c18-11-7-8-13(12(19)10-11)23-17(24)20-9-3-6-16-21-14-4-1-2-5-15(14)22-16/h1-2,4-5,7-8,10H,3,6,9H2,(H,21,22)(H2,20,23,24). The van der Waals surface area contributed by atoms with Crippen LogP contribution in [0.2, 0.25) is 0 Å². The number of hydrogen-bond donors (Lipinski definition) is 3. The third kappa shape index (κ3) is 3.87. The molecule has 2 aromatic carbocycles. The van der Waals surface area contributed by atoms with Gasteiger partial charge in [-0.3, -0.25) is 0 Å². The number of H-pyrrole nitrogens is 1. The Morgan fingerprint density at radius 1 is 1.17 bits per heavy atom. The van der Waals surface area contributed by atoms with Crippen molar-refractivity contribution in [1.29, 1.82) is 0 Å². The summed E-state index contributed by atoms with van der Waals surface area (Å²) in [6.45, 7) is 0.408. The number of halogens is 2. The largest absolute Gasteiger partial charge is 0.342 e. The van der Waals surface area contributed by atoms with Gasteiger partial charge in [-0.25, -0.2) is 18.6 Å². The minimum atomic E-state index is -0.813. The molecule has 0 saturated carbocycles. The molecular formula is C17H16F2N4O. The van der Waals surface area contributed by atoms with Crippen LogP contribution in [0.4, 0.5) is 19.3 Å². The molecule has 124 valence electrons. The highest BCUT2D eigenvalue weighted by Gasteiger charge is 2.07. The first-order valence-corrected chi connectivity index (χ1v) is 7.55. The normalized spacial score (nSPS) is 10.8. The average molecular weight is 330 g/mol. The fourth-order valence-electron chi connectivity index (χ4n) is 2.34. The molecule has 3 rings (SSSR count). The number of aryl methyl sites for hydroxylation is 1. The molecule has 1 heterocycles. The van der Waals surface area contributed by atoms with Crippen molar-refractivity contribution >= 4 is 22.8 Å². The van der Waals surface area contributed by atoms with Gasteiger partial charge in [0.1, 0.15) is 17.5 Å². The molecule has 24 heavy (non-hydrogen) atoms. The van der Waals surface area contributed by atoms with Crippen LogP contribution in [0.1, 0.15) is 12.2 Å². The van der Waals surface area contributed by atoms with Crippen LogP contribution in [0.15, 0.2) is 42.5 Å². The molecule has 0 saturated heterocycles. The Kier molecular flexibility index (Phi) is 4.69. The van der Waals surface area contributed by atoms with Crippen LogP contribution in [0, 0.1) is 11.6 Å². The van der Waals surface area contributed by atoms with Gasteiger partial charge in [0.15, 0.2) is 0 Å². The summed E-state index contributed by atoms with van der Waals surface area (Å²) in [6, 6.07) is 10.2. The molecule has 0 spiro atoms. The Morgan fingerprint density at radius 3 is 2.79 bits per heavy atom. The Balaban J connectivity index is 1.45. The molecule has 0 fully saturated rings. The second-order valence-electron chi connectivity index (χ2n) is 5.31. The summed E-state index contributed by atoms with van der Waals surface area (Å²) in [6.07, 6.45) is 1.36. The average Bonchev–Trinajstić information content (AvgIpc) is 2.97. The summed E-state index contributed by atoms with van der Waals surface area (Å²) in [5.41, 5.74) is 1.82. The van der Waals surface area contributed by atoms with Gasteiger partial charge in [-0.05, 0) is 30.7 Å². The number of nitrogens with one attached hydrogen (secondary N) is 3. The van der Waals surface area contributed by atoms with E-state index >= 15 is 0 Å². The first-order chi connectivity index (χ1) is 11.6. The van der Waals surface area contributed by atoms with E-state index in [2.05, 4.69) is 20.6 Å². The monoisotopic (exact) mass is 330 g/mol. The molecular weight excluding hydrogens is 314 g/mol. The van der Waals surface area contributed by atoms with Gasteiger partial charge in [0.2, 0.25) is 0 Å². The maximum Gasteiger partial charge on any atom is 0.319 e.